The molecule has 1 saturated heterocycles. The van der Waals surface area contributed by atoms with Crippen molar-refractivity contribution in [2.45, 2.75) is 32.0 Å². The van der Waals surface area contributed by atoms with Gasteiger partial charge in [0.15, 0.2) is 0 Å². The molecule has 0 radical (unpaired) electrons. The highest BCUT2D eigenvalue weighted by Gasteiger charge is 2.41. The minimum atomic E-state index is -4.69. The molecule has 0 aliphatic carbocycles. The molecule has 1 atom stereocenters. The molecule has 2 aliphatic heterocycles. The molecule has 31 heavy (non-hydrogen) atoms. The summed E-state index contributed by atoms with van der Waals surface area (Å²) in [7, 11) is 0. The number of ether oxygens (including phenoxy) is 2. The molecule has 2 aliphatic rings. The van der Waals surface area contributed by atoms with Crippen LogP contribution in [0.2, 0.25) is 0 Å². The van der Waals surface area contributed by atoms with Crippen LogP contribution in [0.15, 0.2) is 30.5 Å². The number of rotatable bonds is 6. The minimum absolute atomic E-state index is 0.219. The number of halogens is 3. The predicted octanol–water partition coefficient (Wildman–Crippen LogP) is 2.66. The van der Waals surface area contributed by atoms with Gasteiger partial charge in [0.2, 0.25) is 0 Å². The average Bonchev–Trinajstić information content (AvgIpc) is 3.19. The molecule has 0 spiro atoms. The highest BCUT2D eigenvalue weighted by molar-refractivity contribution is 5.27. The van der Waals surface area contributed by atoms with Gasteiger partial charge in [-0.25, -0.2) is 0 Å². The normalized spacial score (nSPS) is 22.2. The quantitative estimate of drug-likeness (QED) is 0.503. The maximum Gasteiger partial charge on any atom is 0.573 e. The van der Waals surface area contributed by atoms with E-state index in [-0.39, 0.29) is 17.6 Å². The molecule has 0 N–H and O–H groups in total. The van der Waals surface area contributed by atoms with Gasteiger partial charge in [-0.05, 0) is 29.5 Å². The topological polar surface area (TPSA) is 85.9 Å². The van der Waals surface area contributed by atoms with Crippen LogP contribution in [-0.4, -0.2) is 69.0 Å². The molecule has 0 unspecified atom stereocenters. The summed E-state index contributed by atoms with van der Waals surface area (Å²) >= 11 is 0. The Kier molecular flexibility index (Phi) is 5.52. The van der Waals surface area contributed by atoms with E-state index in [2.05, 4.69) is 19.5 Å². The van der Waals surface area contributed by atoms with E-state index in [4.69, 9.17) is 4.74 Å². The lowest BCUT2D eigenvalue weighted by molar-refractivity contribution is -0.389. The Hall–Kier alpha value is -2.86. The van der Waals surface area contributed by atoms with Gasteiger partial charge >= 0.3 is 18.2 Å². The van der Waals surface area contributed by atoms with Crippen LogP contribution in [0, 0.1) is 10.1 Å². The Balaban J connectivity index is 1.24. The van der Waals surface area contributed by atoms with Crippen molar-refractivity contribution in [1.29, 1.82) is 0 Å². The fourth-order valence-corrected chi connectivity index (χ4v) is 4.00. The molecule has 0 amide bonds. The van der Waals surface area contributed by atoms with Gasteiger partial charge in [0.1, 0.15) is 17.5 Å². The molecule has 9 nitrogen and oxygen atoms in total. The smallest absolute Gasteiger partial charge is 0.436 e. The number of benzene rings is 1. The van der Waals surface area contributed by atoms with Crippen LogP contribution in [0.3, 0.4) is 0 Å². The molecule has 168 valence electrons. The molecule has 2 aromatic rings. The predicted molar refractivity (Wildman–Crippen MR) is 103 cm³/mol. The zero-order chi connectivity index (χ0) is 22.2. The van der Waals surface area contributed by atoms with Crippen LogP contribution in [-0.2, 0) is 13.1 Å². The van der Waals surface area contributed by atoms with Crippen molar-refractivity contribution in [1.82, 2.24) is 19.4 Å². The van der Waals surface area contributed by atoms with E-state index in [1.54, 1.807) is 16.7 Å². The van der Waals surface area contributed by atoms with E-state index in [9.17, 15) is 23.3 Å². The van der Waals surface area contributed by atoms with Gasteiger partial charge in [0.25, 0.3) is 0 Å². The lowest BCUT2D eigenvalue weighted by Gasteiger charge is -2.38. The monoisotopic (exact) mass is 441 g/mol. The van der Waals surface area contributed by atoms with Crippen molar-refractivity contribution in [3.8, 4) is 11.8 Å². The highest BCUT2D eigenvalue weighted by Crippen LogP contribution is 2.31. The van der Waals surface area contributed by atoms with Crippen LogP contribution in [0.1, 0.15) is 12.5 Å². The Labute approximate surface area is 176 Å². The minimum Gasteiger partial charge on any atom is -0.436 e. The number of alkyl halides is 3. The number of hydrogen-bond donors (Lipinski definition) is 0. The third kappa shape index (κ3) is 5.25. The number of nitrogens with zero attached hydrogens (tertiary/aromatic N) is 5. The zero-order valence-electron chi connectivity index (χ0n) is 16.8. The van der Waals surface area contributed by atoms with Crippen molar-refractivity contribution in [3.05, 3.63) is 46.1 Å². The Morgan fingerprint density at radius 3 is 2.42 bits per heavy atom. The standard InChI is InChI=1S/C19H22F3N5O4/c1-18(13-26-11-16(27(28)29)23-17(26)31-18)12-25-8-6-24(7-9-25)10-14-2-4-15(5-3-14)30-19(20,21)22/h2-5,11H,6-10,12-13H2,1H3/t18-/m0/s1. The van der Waals surface area contributed by atoms with Gasteiger partial charge in [0, 0.05) is 44.3 Å². The summed E-state index contributed by atoms with van der Waals surface area (Å²) in [6.45, 7) is 7.03. The molecule has 0 saturated carbocycles. The number of imidazole rings is 1. The summed E-state index contributed by atoms with van der Waals surface area (Å²) in [5.41, 5.74) is 0.412. The van der Waals surface area contributed by atoms with Gasteiger partial charge in [-0.1, -0.05) is 12.1 Å². The molecule has 1 fully saturated rings. The number of fused-ring (bicyclic) bond motifs is 1. The molecule has 1 aromatic heterocycles. The zero-order valence-corrected chi connectivity index (χ0v) is 16.8. The average molecular weight is 441 g/mol. The summed E-state index contributed by atoms with van der Waals surface area (Å²) in [6, 6.07) is 6.20. The maximum atomic E-state index is 12.3. The molecule has 4 rings (SSSR count). The summed E-state index contributed by atoms with van der Waals surface area (Å²) in [6.07, 6.45) is -3.30. The van der Waals surface area contributed by atoms with Crippen molar-refractivity contribution in [3.63, 3.8) is 0 Å². The first-order chi connectivity index (χ1) is 14.6. The summed E-state index contributed by atoms with van der Waals surface area (Å²) < 4.78 is 48.2. The second kappa shape index (κ2) is 8.00. The third-order valence-electron chi connectivity index (χ3n) is 5.34. The van der Waals surface area contributed by atoms with Gasteiger partial charge in [0.05, 0.1) is 6.54 Å². The molecule has 0 bridgehead atoms. The fraction of sp³-hybridized carbons (Fsp3) is 0.526. The number of nitro groups is 1. The second-order valence-corrected chi connectivity index (χ2v) is 8.06. The molecule has 3 heterocycles. The lowest BCUT2D eigenvalue weighted by Crippen LogP contribution is -2.52. The second-order valence-electron chi connectivity index (χ2n) is 8.06. The lowest BCUT2D eigenvalue weighted by atomic mass is 10.1. The summed E-state index contributed by atoms with van der Waals surface area (Å²) in [5.74, 6) is -0.445. The summed E-state index contributed by atoms with van der Waals surface area (Å²) in [5, 5.41) is 10.8. The van der Waals surface area contributed by atoms with Crippen LogP contribution < -0.4 is 9.47 Å². The number of aromatic nitrogens is 2. The largest absolute Gasteiger partial charge is 0.573 e. The van der Waals surface area contributed by atoms with Crippen LogP contribution in [0.25, 0.3) is 0 Å². The highest BCUT2D eigenvalue weighted by atomic mass is 19.4. The van der Waals surface area contributed by atoms with Gasteiger partial charge in [-0.2, -0.15) is 0 Å². The maximum absolute atomic E-state index is 12.3. The van der Waals surface area contributed by atoms with Gasteiger partial charge in [-0.3, -0.25) is 14.4 Å². The third-order valence-corrected chi connectivity index (χ3v) is 5.34. The fourth-order valence-electron chi connectivity index (χ4n) is 4.00. The Bertz CT molecular complexity index is 916. The van der Waals surface area contributed by atoms with E-state index in [0.717, 1.165) is 31.7 Å². The molecule has 12 heteroatoms. The first-order valence-electron chi connectivity index (χ1n) is 9.79. The van der Waals surface area contributed by atoms with Gasteiger partial charge in [-0.15, -0.1) is 13.2 Å². The van der Waals surface area contributed by atoms with E-state index in [1.807, 2.05) is 6.92 Å². The molecular formula is C19H22F3N5O4. The first-order valence-corrected chi connectivity index (χ1v) is 9.79. The van der Waals surface area contributed by atoms with E-state index in [0.29, 0.717) is 19.6 Å². The van der Waals surface area contributed by atoms with E-state index >= 15 is 0 Å². The van der Waals surface area contributed by atoms with Crippen LogP contribution in [0.4, 0.5) is 19.0 Å². The SMILES string of the molecule is C[C@]1(CN2CCN(Cc3ccc(OC(F)(F)F)cc3)CC2)Cn2cc([N+](=O)[O-])nc2O1. The molecular weight excluding hydrogens is 419 g/mol. The van der Waals surface area contributed by atoms with E-state index in [1.165, 1.54) is 18.3 Å². The van der Waals surface area contributed by atoms with E-state index < -0.39 is 16.9 Å². The van der Waals surface area contributed by atoms with Crippen LogP contribution in [0.5, 0.6) is 11.8 Å². The van der Waals surface area contributed by atoms with Crippen molar-refractivity contribution >= 4 is 5.82 Å². The van der Waals surface area contributed by atoms with Crippen molar-refractivity contribution in [2.24, 2.45) is 0 Å². The van der Waals surface area contributed by atoms with Gasteiger partial charge < -0.3 is 19.6 Å². The number of piperazine rings is 1. The van der Waals surface area contributed by atoms with Crippen molar-refractivity contribution in [2.75, 3.05) is 32.7 Å². The van der Waals surface area contributed by atoms with Crippen LogP contribution >= 0.6 is 0 Å². The Morgan fingerprint density at radius 1 is 1.19 bits per heavy atom. The molecule has 1 aromatic carbocycles. The van der Waals surface area contributed by atoms with Crippen molar-refractivity contribution < 1.29 is 27.6 Å². The Morgan fingerprint density at radius 2 is 1.84 bits per heavy atom. The number of hydrogen-bond acceptors (Lipinski definition) is 7. The summed E-state index contributed by atoms with van der Waals surface area (Å²) in [4.78, 5) is 18.7. The first kappa shape index (κ1) is 21.4.